The highest BCUT2D eigenvalue weighted by atomic mass is 79.9. The van der Waals surface area contributed by atoms with Gasteiger partial charge in [-0.2, -0.15) is 0 Å². The second-order valence-corrected chi connectivity index (χ2v) is 3.91. The first-order valence-electron chi connectivity index (χ1n) is 4.36. The number of aromatic nitrogens is 1. The molecule has 0 radical (unpaired) electrons. The molecular weight excluding hydrogens is 248 g/mol. The molecule has 0 fully saturated rings. The van der Waals surface area contributed by atoms with E-state index in [1.165, 1.54) is 4.57 Å². The maximum absolute atomic E-state index is 11.5. The molecule has 2 N–H and O–H groups in total. The standard InChI is InChI=1S/C9H13BrN2O2/c1-12-6-7(10)5-8(9(12)14)11-3-2-4-13/h5-6,11,13H,2-4H2,1H3. The van der Waals surface area contributed by atoms with Crippen LogP contribution in [-0.2, 0) is 7.05 Å². The van der Waals surface area contributed by atoms with E-state index in [-0.39, 0.29) is 12.2 Å². The predicted molar refractivity (Wildman–Crippen MR) is 59.6 cm³/mol. The third-order valence-corrected chi connectivity index (χ3v) is 2.23. The van der Waals surface area contributed by atoms with Crippen LogP contribution >= 0.6 is 15.9 Å². The van der Waals surface area contributed by atoms with Gasteiger partial charge in [0.1, 0.15) is 5.69 Å². The molecule has 1 rings (SSSR count). The largest absolute Gasteiger partial charge is 0.396 e. The molecule has 1 aromatic heterocycles. The summed E-state index contributed by atoms with van der Waals surface area (Å²) in [7, 11) is 1.70. The number of rotatable bonds is 4. The molecule has 0 bridgehead atoms. The SMILES string of the molecule is Cn1cc(Br)cc(NCCCO)c1=O. The van der Waals surface area contributed by atoms with Gasteiger partial charge in [0.25, 0.3) is 5.56 Å². The Labute approximate surface area is 90.7 Å². The van der Waals surface area contributed by atoms with Gasteiger partial charge in [-0.15, -0.1) is 0 Å². The van der Waals surface area contributed by atoms with Gasteiger partial charge in [0.15, 0.2) is 0 Å². The van der Waals surface area contributed by atoms with Crippen molar-refractivity contribution in [1.82, 2.24) is 4.57 Å². The van der Waals surface area contributed by atoms with Crippen LogP contribution < -0.4 is 10.9 Å². The highest BCUT2D eigenvalue weighted by Crippen LogP contribution is 2.11. The summed E-state index contributed by atoms with van der Waals surface area (Å²) in [5, 5.41) is 11.6. The van der Waals surface area contributed by atoms with Gasteiger partial charge in [0.2, 0.25) is 0 Å². The molecule has 0 aromatic carbocycles. The number of aliphatic hydroxyl groups excluding tert-OH is 1. The Hall–Kier alpha value is -0.810. The van der Waals surface area contributed by atoms with Crippen molar-refractivity contribution in [3.05, 3.63) is 27.1 Å². The minimum atomic E-state index is -0.0638. The Morgan fingerprint density at radius 3 is 3.00 bits per heavy atom. The number of hydrogen-bond acceptors (Lipinski definition) is 3. The second-order valence-electron chi connectivity index (χ2n) is 2.99. The summed E-state index contributed by atoms with van der Waals surface area (Å²) in [6, 6.07) is 1.74. The van der Waals surface area contributed by atoms with Crippen molar-refractivity contribution in [2.75, 3.05) is 18.5 Å². The van der Waals surface area contributed by atoms with Crippen molar-refractivity contribution in [3.8, 4) is 0 Å². The monoisotopic (exact) mass is 260 g/mol. The van der Waals surface area contributed by atoms with Crippen LogP contribution in [0.5, 0.6) is 0 Å². The molecule has 4 nitrogen and oxygen atoms in total. The molecule has 0 aliphatic carbocycles. The zero-order valence-electron chi connectivity index (χ0n) is 7.96. The molecule has 0 saturated heterocycles. The third kappa shape index (κ3) is 2.85. The van der Waals surface area contributed by atoms with E-state index in [1.807, 2.05) is 0 Å². The second kappa shape index (κ2) is 5.17. The van der Waals surface area contributed by atoms with E-state index in [0.717, 1.165) is 4.47 Å². The van der Waals surface area contributed by atoms with Crippen molar-refractivity contribution < 1.29 is 5.11 Å². The van der Waals surface area contributed by atoms with Crippen molar-refractivity contribution in [1.29, 1.82) is 0 Å². The first-order valence-corrected chi connectivity index (χ1v) is 5.15. The van der Waals surface area contributed by atoms with Crippen LogP contribution in [0.2, 0.25) is 0 Å². The van der Waals surface area contributed by atoms with Crippen molar-refractivity contribution in [2.45, 2.75) is 6.42 Å². The van der Waals surface area contributed by atoms with Crippen LogP contribution in [-0.4, -0.2) is 22.8 Å². The normalized spacial score (nSPS) is 10.2. The molecule has 0 unspecified atom stereocenters. The molecule has 0 amide bonds. The van der Waals surface area contributed by atoms with Gasteiger partial charge in [-0.1, -0.05) is 0 Å². The highest BCUT2D eigenvalue weighted by molar-refractivity contribution is 9.10. The molecule has 0 aliphatic rings. The quantitative estimate of drug-likeness (QED) is 0.793. The fraction of sp³-hybridized carbons (Fsp3) is 0.444. The van der Waals surface area contributed by atoms with Gasteiger partial charge in [0.05, 0.1) is 0 Å². The lowest BCUT2D eigenvalue weighted by Gasteiger charge is -2.06. The Bertz CT molecular complexity index is 362. The first-order chi connectivity index (χ1) is 6.65. The number of halogens is 1. The molecule has 1 heterocycles. The van der Waals surface area contributed by atoms with Gasteiger partial charge < -0.3 is 15.0 Å². The van der Waals surface area contributed by atoms with E-state index >= 15 is 0 Å². The lowest BCUT2D eigenvalue weighted by Crippen LogP contribution is -2.21. The molecule has 0 atom stereocenters. The molecule has 1 aromatic rings. The Morgan fingerprint density at radius 1 is 1.64 bits per heavy atom. The van der Waals surface area contributed by atoms with Crippen LogP contribution in [0.15, 0.2) is 21.5 Å². The van der Waals surface area contributed by atoms with Gasteiger partial charge >= 0.3 is 0 Å². The van der Waals surface area contributed by atoms with Crippen LogP contribution in [0.4, 0.5) is 5.69 Å². The Balaban J connectivity index is 2.81. The topological polar surface area (TPSA) is 54.3 Å². The van der Waals surface area contributed by atoms with Crippen LogP contribution in [0.25, 0.3) is 0 Å². The fourth-order valence-electron chi connectivity index (χ4n) is 1.10. The number of anilines is 1. The highest BCUT2D eigenvalue weighted by Gasteiger charge is 2.01. The van der Waals surface area contributed by atoms with Crippen LogP contribution in [0.1, 0.15) is 6.42 Å². The molecule has 5 heteroatoms. The molecular formula is C9H13BrN2O2. The van der Waals surface area contributed by atoms with E-state index in [2.05, 4.69) is 21.2 Å². The number of nitrogens with one attached hydrogen (secondary N) is 1. The van der Waals surface area contributed by atoms with Crippen molar-refractivity contribution in [3.63, 3.8) is 0 Å². The number of aryl methyl sites for hydroxylation is 1. The summed E-state index contributed by atoms with van der Waals surface area (Å²) < 4.78 is 2.36. The maximum Gasteiger partial charge on any atom is 0.273 e. The Morgan fingerprint density at radius 2 is 2.36 bits per heavy atom. The first kappa shape index (κ1) is 11.3. The maximum atomic E-state index is 11.5. The van der Waals surface area contributed by atoms with Crippen LogP contribution in [0, 0.1) is 0 Å². The zero-order valence-corrected chi connectivity index (χ0v) is 9.54. The minimum Gasteiger partial charge on any atom is -0.396 e. The molecule has 0 spiro atoms. The van der Waals surface area contributed by atoms with Crippen molar-refractivity contribution in [2.24, 2.45) is 7.05 Å². The molecule has 0 aliphatic heterocycles. The summed E-state index contributed by atoms with van der Waals surface area (Å²) >= 11 is 3.31. The smallest absolute Gasteiger partial charge is 0.273 e. The minimum absolute atomic E-state index is 0.0638. The summed E-state index contributed by atoms with van der Waals surface area (Å²) in [6.07, 6.45) is 2.34. The van der Waals surface area contributed by atoms with Crippen molar-refractivity contribution >= 4 is 21.6 Å². The number of aliphatic hydroxyl groups is 1. The van der Waals surface area contributed by atoms with E-state index in [9.17, 15) is 4.79 Å². The number of hydrogen-bond donors (Lipinski definition) is 2. The van der Waals surface area contributed by atoms with E-state index in [1.54, 1.807) is 19.3 Å². The summed E-state index contributed by atoms with van der Waals surface area (Å²) in [5.74, 6) is 0. The summed E-state index contributed by atoms with van der Waals surface area (Å²) in [4.78, 5) is 11.5. The van der Waals surface area contributed by atoms with Crippen LogP contribution in [0.3, 0.4) is 0 Å². The predicted octanol–water partition coefficient (Wildman–Crippen LogP) is 0.942. The lowest BCUT2D eigenvalue weighted by molar-refractivity contribution is 0.292. The lowest BCUT2D eigenvalue weighted by atomic mass is 10.3. The molecule has 14 heavy (non-hydrogen) atoms. The fourth-order valence-corrected chi connectivity index (χ4v) is 1.64. The average Bonchev–Trinajstić information content (AvgIpc) is 2.13. The van der Waals surface area contributed by atoms with Gasteiger partial charge in [0, 0.05) is 30.9 Å². The average molecular weight is 261 g/mol. The molecule has 0 saturated carbocycles. The number of pyridine rings is 1. The van der Waals surface area contributed by atoms with Gasteiger partial charge in [-0.05, 0) is 28.4 Å². The van der Waals surface area contributed by atoms with Gasteiger partial charge in [-0.3, -0.25) is 4.79 Å². The Kier molecular flexibility index (Phi) is 4.16. The van der Waals surface area contributed by atoms with E-state index < -0.39 is 0 Å². The number of nitrogens with zero attached hydrogens (tertiary/aromatic N) is 1. The summed E-state index contributed by atoms with van der Waals surface area (Å²) in [5.41, 5.74) is 0.487. The third-order valence-electron chi connectivity index (χ3n) is 1.80. The van der Waals surface area contributed by atoms with Gasteiger partial charge in [-0.25, -0.2) is 0 Å². The summed E-state index contributed by atoms with van der Waals surface area (Å²) in [6.45, 7) is 0.726. The van der Waals surface area contributed by atoms with E-state index in [4.69, 9.17) is 5.11 Å². The van der Waals surface area contributed by atoms with E-state index in [0.29, 0.717) is 18.7 Å². The zero-order chi connectivity index (χ0) is 10.6. The molecule has 78 valence electrons.